The summed E-state index contributed by atoms with van der Waals surface area (Å²) in [4.78, 5) is 15.4. The highest BCUT2D eigenvalue weighted by atomic mass is 19.1. The molecule has 1 saturated heterocycles. The first kappa shape index (κ1) is 23.4. The third-order valence-electron chi connectivity index (χ3n) is 7.61. The molecule has 2 aliphatic heterocycles. The average Bonchev–Trinajstić information content (AvgIpc) is 3.13. The summed E-state index contributed by atoms with van der Waals surface area (Å²) in [6.07, 6.45) is 7.66. The van der Waals surface area contributed by atoms with Crippen molar-refractivity contribution in [2.75, 3.05) is 43.2 Å². The van der Waals surface area contributed by atoms with Crippen LogP contribution < -0.4 is 20.7 Å². The maximum absolute atomic E-state index is 13.8. The van der Waals surface area contributed by atoms with E-state index in [0.717, 1.165) is 67.7 Å². The third-order valence-corrected chi connectivity index (χ3v) is 7.61. The highest BCUT2D eigenvalue weighted by Gasteiger charge is 2.52. The van der Waals surface area contributed by atoms with E-state index in [1.807, 2.05) is 6.07 Å². The van der Waals surface area contributed by atoms with Crippen molar-refractivity contribution in [3.63, 3.8) is 0 Å². The van der Waals surface area contributed by atoms with Crippen molar-refractivity contribution in [2.24, 2.45) is 0 Å². The molecule has 8 heteroatoms. The first-order valence-electron chi connectivity index (χ1n) is 12.2. The van der Waals surface area contributed by atoms with Gasteiger partial charge in [-0.1, -0.05) is 6.42 Å². The Balaban J connectivity index is 1.55. The van der Waals surface area contributed by atoms with Gasteiger partial charge < -0.3 is 31.0 Å². The molecule has 4 N–H and O–H groups in total. The Labute approximate surface area is 205 Å². The summed E-state index contributed by atoms with van der Waals surface area (Å²) in [5, 5.41) is 18.0. The minimum Gasteiger partial charge on any atom is -0.494 e. The van der Waals surface area contributed by atoms with Crippen molar-refractivity contribution in [1.82, 2.24) is 4.90 Å². The van der Waals surface area contributed by atoms with E-state index in [1.165, 1.54) is 25.5 Å². The van der Waals surface area contributed by atoms with Crippen LogP contribution in [0.2, 0.25) is 0 Å². The van der Waals surface area contributed by atoms with Crippen LogP contribution in [0.5, 0.6) is 5.75 Å². The maximum Gasteiger partial charge on any atom is 0.235 e. The molecule has 0 radical (unpaired) electrons. The molecule has 0 aromatic heterocycles. The Morgan fingerprint density at radius 3 is 2.66 bits per heavy atom. The molecule has 184 valence electrons. The molecule has 2 aromatic rings. The van der Waals surface area contributed by atoms with Crippen molar-refractivity contribution < 1.29 is 13.9 Å². The second kappa shape index (κ2) is 9.34. The lowest BCUT2D eigenvalue weighted by atomic mass is 9.65. The van der Waals surface area contributed by atoms with Crippen molar-refractivity contribution in [1.29, 1.82) is 5.41 Å². The van der Waals surface area contributed by atoms with E-state index in [1.54, 1.807) is 12.1 Å². The second-order valence-corrected chi connectivity index (χ2v) is 9.77. The number of ether oxygens (including phenoxy) is 1. The van der Waals surface area contributed by atoms with Crippen LogP contribution in [0.25, 0.3) is 5.70 Å². The quantitative estimate of drug-likeness (QED) is 0.430. The van der Waals surface area contributed by atoms with Gasteiger partial charge in [-0.2, -0.15) is 0 Å². The van der Waals surface area contributed by atoms with Crippen LogP contribution in [-0.2, 0) is 10.2 Å². The van der Waals surface area contributed by atoms with Crippen LogP contribution in [-0.4, -0.2) is 50.3 Å². The number of anilines is 3. The van der Waals surface area contributed by atoms with Crippen molar-refractivity contribution in [3.8, 4) is 5.75 Å². The smallest absolute Gasteiger partial charge is 0.235 e. The van der Waals surface area contributed by atoms with E-state index in [4.69, 9.17) is 10.1 Å². The lowest BCUT2D eigenvalue weighted by molar-refractivity contribution is -0.123. The molecule has 1 spiro atoms. The molecule has 2 heterocycles. The Kier molecular flexibility index (Phi) is 6.23. The van der Waals surface area contributed by atoms with Gasteiger partial charge in [-0.3, -0.25) is 4.79 Å². The maximum atomic E-state index is 13.8. The predicted octanol–water partition coefficient (Wildman–Crippen LogP) is 4.82. The van der Waals surface area contributed by atoms with Gasteiger partial charge in [0, 0.05) is 29.6 Å². The zero-order valence-corrected chi connectivity index (χ0v) is 20.2. The minimum atomic E-state index is -0.474. The Morgan fingerprint density at radius 2 is 2.00 bits per heavy atom. The molecule has 1 aliphatic carbocycles. The van der Waals surface area contributed by atoms with Gasteiger partial charge in [-0.25, -0.2) is 4.39 Å². The number of nitrogens with zero attached hydrogens (tertiary/aromatic N) is 1. The number of likely N-dealkylation sites (tertiary alicyclic amines) is 1. The number of hydrogen-bond acceptors (Lipinski definition) is 6. The highest BCUT2D eigenvalue weighted by molar-refractivity contribution is 6.10. The van der Waals surface area contributed by atoms with Gasteiger partial charge in [-0.15, -0.1) is 0 Å². The second-order valence-electron chi connectivity index (χ2n) is 9.77. The number of halogens is 1. The molecule has 1 saturated carbocycles. The standard InChI is InChI=1S/C27H32FN5O2/c1-33-12-7-19(8-13-33)30-23-15-17(14-20-25(23)32-26(34)27(20)9-3-10-27)21(6-11-29)31-22-5-4-18(28)16-24(22)35-2/h4-6,11,14-16,19,29-31H,3,7-10,12-13H2,1-2H3,(H,32,34)/b21-6-,29-11?. The number of allylic oxidation sites excluding steroid dienone is 1. The molecular weight excluding hydrogens is 445 g/mol. The van der Waals surface area contributed by atoms with Gasteiger partial charge >= 0.3 is 0 Å². The van der Waals surface area contributed by atoms with Crippen LogP contribution >= 0.6 is 0 Å². The van der Waals surface area contributed by atoms with Crippen LogP contribution in [0.3, 0.4) is 0 Å². The fourth-order valence-corrected chi connectivity index (χ4v) is 5.39. The molecule has 0 bridgehead atoms. The van der Waals surface area contributed by atoms with Gasteiger partial charge in [0.2, 0.25) is 5.91 Å². The third kappa shape index (κ3) is 4.27. The number of benzene rings is 2. The van der Waals surface area contributed by atoms with Crippen LogP contribution in [0, 0.1) is 11.2 Å². The van der Waals surface area contributed by atoms with Gasteiger partial charge in [-0.05, 0) is 81.7 Å². The Bertz CT molecular complexity index is 1180. The molecule has 1 amide bonds. The number of rotatable bonds is 7. The van der Waals surface area contributed by atoms with Gasteiger partial charge in [0.1, 0.15) is 11.6 Å². The fourth-order valence-electron chi connectivity index (χ4n) is 5.39. The lowest BCUT2D eigenvalue weighted by Crippen LogP contribution is -2.40. The number of hydrogen-bond donors (Lipinski definition) is 4. The zero-order chi connectivity index (χ0) is 24.6. The van der Waals surface area contributed by atoms with Crippen molar-refractivity contribution in [2.45, 2.75) is 43.6 Å². The van der Waals surface area contributed by atoms with Crippen LogP contribution in [0.1, 0.15) is 43.2 Å². The molecule has 3 aliphatic rings. The van der Waals surface area contributed by atoms with Gasteiger partial charge in [0.15, 0.2) is 0 Å². The molecule has 5 rings (SSSR count). The number of fused-ring (bicyclic) bond motifs is 2. The zero-order valence-electron chi connectivity index (χ0n) is 20.2. The summed E-state index contributed by atoms with van der Waals surface area (Å²) in [6.45, 7) is 2.06. The summed E-state index contributed by atoms with van der Waals surface area (Å²) in [5.41, 5.74) is 4.46. The molecule has 2 aromatic carbocycles. The molecule has 7 nitrogen and oxygen atoms in total. The first-order chi connectivity index (χ1) is 16.9. The number of carbonyl (C=O) groups excluding carboxylic acids is 1. The summed E-state index contributed by atoms with van der Waals surface area (Å²) in [5.74, 6) is 0.0655. The first-order valence-corrected chi connectivity index (χ1v) is 12.2. The van der Waals surface area contributed by atoms with Gasteiger partial charge in [0.05, 0.1) is 29.6 Å². The molecule has 0 unspecified atom stereocenters. The number of amides is 1. The predicted molar refractivity (Wildman–Crippen MR) is 138 cm³/mol. The topological polar surface area (TPSA) is 89.5 Å². The van der Waals surface area contributed by atoms with Crippen LogP contribution in [0.15, 0.2) is 36.4 Å². The number of nitrogens with one attached hydrogen (secondary N) is 4. The number of methoxy groups -OCH3 is 1. The SMILES string of the molecule is COc1cc(F)ccc1N/C(=C\C=N)c1cc(NC2CCN(C)CC2)c2c(c1)C1(CCC1)C(=O)N2. The van der Waals surface area contributed by atoms with E-state index in [-0.39, 0.29) is 11.7 Å². The van der Waals surface area contributed by atoms with E-state index < -0.39 is 5.41 Å². The average molecular weight is 478 g/mol. The molecule has 2 fully saturated rings. The summed E-state index contributed by atoms with van der Waals surface area (Å²) in [7, 11) is 3.63. The highest BCUT2D eigenvalue weighted by Crippen LogP contribution is 2.54. The summed E-state index contributed by atoms with van der Waals surface area (Å²) in [6, 6.07) is 8.73. The summed E-state index contributed by atoms with van der Waals surface area (Å²) >= 11 is 0. The lowest BCUT2D eigenvalue weighted by Gasteiger charge is -2.36. The van der Waals surface area contributed by atoms with Crippen molar-refractivity contribution >= 4 is 34.9 Å². The Morgan fingerprint density at radius 1 is 1.23 bits per heavy atom. The van der Waals surface area contributed by atoms with Crippen molar-refractivity contribution in [3.05, 3.63) is 53.4 Å². The minimum absolute atomic E-state index is 0.0769. The molecule has 35 heavy (non-hydrogen) atoms. The van der Waals surface area contributed by atoms with E-state index in [0.29, 0.717) is 23.2 Å². The Hall–Kier alpha value is -3.39. The molecule has 0 atom stereocenters. The van der Waals surface area contributed by atoms with E-state index in [2.05, 4.69) is 34.0 Å². The summed E-state index contributed by atoms with van der Waals surface area (Å²) < 4.78 is 19.1. The fraction of sp³-hybridized carbons (Fsp3) is 0.407. The number of piperidine rings is 1. The van der Waals surface area contributed by atoms with E-state index >= 15 is 0 Å². The van der Waals surface area contributed by atoms with Gasteiger partial charge in [0.25, 0.3) is 0 Å². The number of carbonyl (C=O) groups is 1. The molecular formula is C27H32FN5O2. The van der Waals surface area contributed by atoms with E-state index in [9.17, 15) is 9.18 Å². The largest absolute Gasteiger partial charge is 0.494 e. The normalized spacial score (nSPS) is 19.6. The monoisotopic (exact) mass is 477 g/mol. The van der Waals surface area contributed by atoms with Crippen LogP contribution in [0.4, 0.5) is 21.5 Å².